The van der Waals surface area contributed by atoms with Crippen LogP contribution >= 0.6 is 40.7 Å². The Hall–Kier alpha value is -2.44. The lowest BCUT2D eigenvalue weighted by atomic mass is 10.0. The highest BCUT2D eigenvalue weighted by molar-refractivity contribution is 7.79. The molecule has 4 nitrogen and oxygen atoms in total. The zero-order valence-corrected chi connectivity index (χ0v) is 20.8. The number of rotatable bonds is 8. The minimum absolute atomic E-state index is 0.300. The minimum atomic E-state index is -4.04. The predicted molar refractivity (Wildman–Crippen MR) is 135 cm³/mol. The van der Waals surface area contributed by atoms with Crippen LogP contribution in [-0.2, 0) is 4.57 Å². The molecule has 0 saturated heterocycles. The molecule has 0 aliphatic rings. The summed E-state index contributed by atoms with van der Waals surface area (Å²) in [6.45, 7) is 4.17. The first kappa shape index (κ1) is 22.7. The normalized spacial score (nSPS) is 12.8. The molecule has 0 spiro atoms. The lowest BCUT2D eigenvalue weighted by Gasteiger charge is -2.20. The maximum Gasteiger partial charge on any atom is 0.647 e. The Bertz CT molecular complexity index is 1280. The molecule has 0 amide bonds. The van der Waals surface area contributed by atoms with Crippen LogP contribution in [0.25, 0.3) is 11.1 Å². The van der Waals surface area contributed by atoms with Gasteiger partial charge in [-0.1, -0.05) is 89.2 Å². The van der Waals surface area contributed by atoms with E-state index >= 15 is 0 Å². The van der Waals surface area contributed by atoms with Crippen LogP contribution < -0.4 is 13.6 Å². The molecule has 0 N–H and O–H groups in total. The topological polar surface area (TPSA) is 44.8 Å². The molecule has 0 aliphatic heterocycles. The molecule has 1 atom stereocenters. The SMILES string of the molecule is CC(C)c1cccc(OP(=O)(Oc2ccccc2)Oc2ccc(-c3cssc3=S)cc2)c1. The zero-order chi connectivity index (χ0) is 22.6. The highest BCUT2D eigenvalue weighted by Gasteiger charge is 2.33. The monoisotopic (exact) mass is 500 g/mol. The van der Waals surface area contributed by atoms with Gasteiger partial charge in [0.2, 0.25) is 0 Å². The van der Waals surface area contributed by atoms with E-state index < -0.39 is 7.82 Å². The van der Waals surface area contributed by atoms with Crippen molar-refractivity contribution in [3.8, 4) is 28.4 Å². The number of phosphoric ester groups is 1. The minimum Gasteiger partial charge on any atom is -0.386 e. The van der Waals surface area contributed by atoms with E-state index in [1.54, 1.807) is 63.1 Å². The largest absolute Gasteiger partial charge is 0.647 e. The van der Waals surface area contributed by atoms with Crippen molar-refractivity contribution in [2.24, 2.45) is 0 Å². The van der Waals surface area contributed by atoms with E-state index in [4.69, 9.17) is 25.8 Å². The Labute approximate surface area is 200 Å². The third kappa shape index (κ3) is 5.67. The van der Waals surface area contributed by atoms with E-state index in [2.05, 4.69) is 13.8 Å². The van der Waals surface area contributed by atoms with Crippen LogP contribution in [-0.4, -0.2) is 0 Å². The van der Waals surface area contributed by atoms with Crippen molar-refractivity contribution < 1.29 is 18.1 Å². The summed E-state index contributed by atoms with van der Waals surface area (Å²) in [5, 5.41) is 2.02. The maximum atomic E-state index is 13.7. The van der Waals surface area contributed by atoms with E-state index in [1.807, 2.05) is 41.8 Å². The van der Waals surface area contributed by atoms with E-state index in [1.165, 1.54) is 0 Å². The molecule has 164 valence electrons. The number of benzene rings is 3. The molecule has 0 saturated carbocycles. The number of phosphoric acid groups is 1. The van der Waals surface area contributed by atoms with Gasteiger partial charge in [-0.2, -0.15) is 4.57 Å². The van der Waals surface area contributed by atoms with Crippen molar-refractivity contribution >= 4 is 40.7 Å². The van der Waals surface area contributed by atoms with Crippen molar-refractivity contribution in [2.75, 3.05) is 0 Å². The van der Waals surface area contributed by atoms with Gasteiger partial charge in [-0.05, 0) is 53.4 Å². The van der Waals surface area contributed by atoms with Crippen molar-refractivity contribution in [2.45, 2.75) is 19.8 Å². The molecule has 0 aliphatic carbocycles. The quantitative estimate of drug-likeness (QED) is 0.137. The first-order valence-corrected chi connectivity index (χ1v) is 14.0. The average molecular weight is 501 g/mol. The predicted octanol–water partition coefficient (Wildman–Crippen LogP) is 8.97. The molecule has 1 aromatic heterocycles. The first-order chi connectivity index (χ1) is 15.4. The fourth-order valence-corrected chi connectivity index (χ4v) is 6.58. The average Bonchev–Trinajstić information content (AvgIpc) is 3.20. The van der Waals surface area contributed by atoms with Crippen LogP contribution in [0.3, 0.4) is 0 Å². The highest BCUT2D eigenvalue weighted by Crippen LogP contribution is 2.50. The third-order valence-electron chi connectivity index (χ3n) is 4.59. The molecule has 0 radical (unpaired) electrons. The molecule has 0 bridgehead atoms. The van der Waals surface area contributed by atoms with Crippen molar-refractivity contribution in [3.05, 3.63) is 93.6 Å². The first-order valence-electron chi connectivity index (χ1n) is 9.94. The molecule has 1 unspecified atom stereocenters. The summed E-state index contributed by atoms with van der Waals surface area (Å²) in [6, 6.07) is 23.5. The van der Waals surface area contributed by atoms with Gasteiger partial charge in [0.1, 0.15) is 21.1 Å². The van der Waals surface area contributed by atoms with Crippen LogP contribution in [0.2, 0.25) is 0 Å². The Morgan fingerprint density at radius 2 is 1.44 bits per heavy atom. The Morgan fingerprint density at radius 3 is 2.06 bits per heavy atom. The van der Waals surface area contributed by atoms with Crippen molar-refractivity contribution in [1.29, 1.82) is 0 Å². The second-order valence-electron chi connectivity index (χ2n) is 7.28. The Kier molecular flexibility index (Phi) is 7.11. The van der Waals surface area contributed by atoms with Gasteiger partial charge >= 0.3 is 7.82 Å². The molecule has 0 fully saturated rings. The van der Waals surface area contributed by atoms with E-state index in [9.17, 15) is 4.57 Å². The van der Waals surface area contributed by atoms with Gasteiger partial charge in [-0.15, -0.1) is 0 Å². The molecular weight excluding hydrogens is 479 g/mol. The van der Waals surface area contributed by atoms with Gasteiger partial charge < -0.3 is 13.6 Å². The Morgan fingerprint density at radius 1 is 0.812 bits per heavy atom. The fourth-order valence-electron chi connectivity index (χ4n) is 2.95. The van der Waals surface area contributed by atoms with Gasteiger partial charge in [0.25, 0.3) is 0 Å². The lowest BCUT2D eigenvalue weighted by molar-refractivity contribution is 0.298. The van der Waals surface area contributed by atoms with Crippen LogP contribution in [0, 0.1) is 3.82 Å². The molecule has 3 aromatic carbocycles. The van der Waals surface area contributed by atoms with Crippen LogP contribution in [0.4, 0.5) is 0 Å². The summed E-state index contributed by atoms with van der Waals surface area (Å²) in [5.41, 5.74) is 3.05. The molecule has 4 aromatic rings. The van der Waals surface area contributed by atoms with Gasteiger partial charge in [0.15, 0.2) is 0 Å². The number of hydrogen-bond donors (Lipinski definition) is 0. The maximum absolute atomic E-state index is 13.7. The summed E-state index contributed by atoms with van der Waals surface area (Å²) >= 11 is 5.38. The van der Waals surface area contributed by atoms with Gasteiger partial charge in [-0.3, -0.25) is 0 Å². The smallest absolute Gasteiger partial charge is 0.386 e. The summed E-state index contributed by atoms with van der Waals surface area (Å²) in [7, 11) is -0.874. The zero-order valence-electron chi connectivity index (χ0n) is 17.5. The fraction of sp³-hybridized carbons (Fsp3) is 0.125. The summed E-state index contributed by atoms with van der Waals surface area (Å²) in [6.07, 6.45) is 0. The highest BCUT2D eigenvalue weighted by atomic mass is 32.9. The molecule has 32 heavy (non-hydrogen) atoms. The standard InChI is InChI=1S/C24H21O4PS3/c1-17(2)19-7-6-10-22(15-19)28-29(25,26-20-8-4-3-5-9-20)27-21-13-11-18(12-14-21)23-16-31-32-24(23)30/h3-17H,1-2H3. The molecule has 1 heterocycles. The lowest BCUT2D eigenvalue weighted by Crippen LogP contribution is -2.07. The summed E-state index contributed by atoms with van der Waals surface area (Å²) in [5.74, 6) is 1.48. The van der Waals surface area contributed by atoms with Crippen molar-refractivity contribution in [1.82, 2.24) is 0 Å². The summed E-state index contributed by atoms with van der Waals surface area (Å²) < 4.78 is 31.9. The second-order valence-corrected chi connectivity index (χ2v) is 11.5. The van der Waals surface area contributed by atoms with Crippen molar-refractivity contribution in [3.63, 3.8) is 0 Å². The van der Waals surface area contributed by atoms with E-state index in [0.717, 1.165) is 20.5 Å². The molecule has 8 heteroatoms. The second kappa shape index (κ2) is 10.0. The van der Waals surface area contributed by atoms with Gasteiger partial charge in [-0.25, -0.2) is 0 Å². The molecule has 4 rings (SSSR count). The van der Waals surface area contributed by atoms with Gasteiger partial charge in [0, 0.05) is 10.9 Å². The number of para-hydroxylation sites is 1. The third-order valence-corrected chi connectivity index (χ3v) is 8.56. The molecular formula is C24H21O4PS3. The number of hydrogen-bond acceptors (Lipinski definition) is 7. The summed E-state index contributed by atoms with van der Waals surface area (Å²) in [4.78, 5) is 0. The van der Waals surface area contributed by atoms with Gasteiger partial charge in [0.05, 0.1) is 0 Å². The van der Waals surface area contributed by atoms with Crippen LogP contribution in [0.15, 0.2) is 84.2 Å². The van der Waals surface area contributed by atoms with E-state index in [-0.39, 0.29) is 0 Å². The van der Waals surface area contributed by atoms with Crippen LogP contribution in [0.5, 0.6) is 17.2 Å². The Balaban J connectivity index is 1.62. The van der Waals surface area contributed by atoms with E-state index in [0.29, 0.717) is 23.2 Å². The van der Waals surface area contributed by atoms with Crippen LogP contribution in [0.1, 0.15) is 25.3 Å².